The molecule has 0 saturated heterocycles. The number of amides is 2. The molecule has 0 radical (unpaired) electrons. The predicted octanol–water partition coefficient (Wildman–Crippen LogP) is 4.59. The van der Waals surface area contributed by atoms with E-state index in [9.17, 15) is 9.59 Å². The summed E-state index contributed by atoms with van der Waals surface area (Å²) in [6, 6.07) is 23.1. The van der Waals surface area contributed by atoms with E-state index in [-0.39, 0.29) is 18.4 Å². The first-order valence-corrected chi connectivity index (χ1v) is 11.3. The van der Waals surface area contributed by atoms with Crippen LogP contribution < -0.4 is 10.1 Å². The maximum absolute atomic E-state index is 13.2. The molecule has 0 heterocycles. The SMILES string of the molecule is CCCCNC(=O)[C@H](C)N(CCc1ccccc1)C(=O)COc1cccc2ccccc12. The summed E-state index contributed by atoms with van der Waals surface area (Å²) >= 11 is 0. The Balaban J connectivity index is 1.70. The summed E-state index contributed by atoms with van der Waals surface area (Å²) < 4.78 is 5.92. The number of benzene rings is 3. The van der Waals surface area contributed by atoms with Gasteiger partial charge in [-0.05, 0) is 36.8 Å². The number of hydrogen-bond acceptors (Lipinski definition) is 3. The smallest absolute Gasteiger partial charge is 0.261 e. The molecule has 0 saturated carbocycles. The lowest BCUT2D eigenvalue weighted by Gasteiger charge is -2.28. The number of carbonyl (C=O) groups excluding carboxylic acids is 2. The maximum Gasteiger partial charge on any atom is 0.261 e. The molecule has 0 aliphatic rings. The van der Waals surface area contributed by atoms with Gasteiger partial charge in [-0.2, -0.15) is 0 Å². The molecule has 0 unspecified atom stereocenters. The van der Waals surface area contributed by atoms with E-state index >= 15 is 0 Å². The number of nitrogens with zero attached hydrogens (tertiary/aromatic N) is 1. The van der Waals surface area contributed by atoms with Gasteiger partial charge in [-0.25, -0.2) is 0 Å². The van der Waals surface area contributed by atoms with Crippen molar-refractivity contribution in [2.24, 2.45) is 0 Å². The van der Waals surface area contributed by atoms with Gasteiger partial charge in [-0.1, -0.05) is 80.1 Å². The third-order valence-electron chi connectivity index (χ3n) is 5.58. The first-order valence-electron chi connectivity index (χ1n) is 11.3. The minimum atomic E-state index is -0.570. The fraction of sp³-hybridized carbons (Fsp3) is 0.333. The molecular formula is C27H32N2O3. The number of fused-ring (bicyclic) bond motifs is 1. The lowest BCUT2D eigenvalue weighted by Crippen LogP contribution is -2.50. The monoisotopic (exact) mass is 432 g/mol. The average Bonchev–Trinajstić information content (AvgIpc) is 2.83. The second-order valence-electron chi connectivity index (χ2n) is 7.91. The van der Waals surface area contributed by atoms with Crippen LogP contribution in [0.2, 0.25) is 0 Å². The van der Waals surface area contributed by atoms with Gasteiger partial charge in [0.05, 0.1) is 0 Å². The van der Waals surface area contributed by atoms with E-state index in [4.69, 9.17) is 4.74 Å². The van der Waals surface area contributed by atoms with Crippen LogP contribution in [0.25, 0.3) is 10.8 Å². The van der Waals surface area contributed by atoms with Gasteiger partial charge in [0.2, 0.25) is 5.91 Å². The normalized spacial score (nSPS) is 11.7. The first-order chi connectivity index (χ1) is 15.6. The zero-order valence-corrected chi connectivity index (χ0v) is 18.9. The molecule has 3 rings (SSSR count). The van der Waals surface area contributed by atoms with Crippen LogP contribution in [0.1, 0.15) is 32.3 Å². The standard InChI is InChI=1S/C27H32N2O3/c1-3-4-18-28-27(31)21(2)29(19-17-22-11-6-5-7-12-22)26(30)20-32-25-16-10-14-23-13-8-9-15-24(23)25/h5-16,21H,3-4,17-20H2,1-2H3,(H,28,31)/t21-/m0/s1. The maximum atomic E-state index is 13.2. The molecule has 5 nitrogen and oxygen atoms in total. The molecule has 168 valence electrons. The third-order valence-corrected chi connectivity index (χ3v) is 5.58. The van der Waals surface area contributed by atoms with Crippen molar-refractivity contribution in [3.8, 4) is 5.75 Å². The molecule has 0 fully saturated rings. The van der Waals surface area contributed by atoms with Crippen LogP contribution in [-0.2, 0) is 16.0 Å². The summed E-state index contributed by atoms with van der Waals surface area (Å²) in [6.07, 6.45) is 2.60. The highest BCUT2D eigenvalue weighted by molar-refractivity contribution is 5.90. The van der Waals surface area contributed by atoms with Gasteiger partial charge in [-0.15, -0.1) is 0 Å². The Morgan fingerprint density at radius 2 is 1.69 bits per heavy atom. The second kappa shape index (κ2) is 11.9. The van der Waals surface area contributed by atoms with E-state index in [1.54, 1.807) is 11.8 Å². The molecule has 0 aliphatic carbocycles. The number of ether oxygens (including phenoxy) is 1. The number of rotatable bonds is 11. The Morgan fingerprint density at radius 3 is 2.47 bits per heavy atom. The summed E-state index contributed by atoms with van der Waals surface area (Å²) in [6.45, 7) is 4.81. The Labute approximate surface area is 190 Å². The molecule has 3 aromatic carbocycles. The van der Waals surface area contributed by atoms with Crippen molar-refractivity contribution in [3.05, 3.63) is 78.4 Å². The van der Waals surface area contributed by atoms with Crippen LogP contribution in [0, 0.1) is 0 Å². The van der Waals surface area contributed by atoms with Crippen molar-refractivity contribution >= 4 is 22.6 Å². The Kier molecular flexibility index (Phi) is 8.67. The Bertz CT molecular complexity index is 1010. The van der Waals surface area contributed by atoms with Crippen LogP contribution in [-0.4, -0.2) is 42.5 Å². The zero-order valence-electron chi connectivity index (χ0n) is 18.9. The molecule has 32 heavy (non-hydrogen) atoms. The van der Waals surface area contributed by atoms with E-state index in [0.29, 0.717) is 25.3 Å². The van der Waals surface area contributed by atoms with Crippen molar-refractivity contribution in [2.45, 2.75) is 39.2 Å². The fourth-order valence-corrected chi connectivity index (χ4v) is 3.65. The Hall–Kier alpha value is -3.34. The third kappa shape index (κ3) is 6.33. The highest BCUT2D eigenvalue weighted by Crippen LogP contribution is 2.25. The lowest BCUT2D eigenvalue weighted by atomic mass is 10.1. The lowest BCUT2D eigenvalue weighted by molar-refractivity contribution is -0.141. The first kappa shape index (κ1) is 23.3. The van der Waals surface area contributed by atoms with Crippen LogP contribution in [0.4, 0.5) is 0 Å². The highest BCUT2D eigenvalue weighted by atomic mass is 16.5. The average molecular weight is 433 g/mol. The van der Waals surface area contributed by atoms with Gasteiger partial charge in [0.25, 0.3) is 5.91 Å². The summed E-state index contributed by atoms with van der Waals surface area (Å²) in [5.41, 5.74) is 1.12. The van der Waals surface area contributed by atoms with Crippen molar-refractivity contribution in [2.75, 3.05) is 19.7 Å². The molecule has 3 aromatic rings. The van der Waals surface area contributed by atoms with Gasteiger partial charge in [0.15, 0.2) is 6.61 Å². The summed E-state index contributed by atoms with van der Waals surface area (Å²) in [5, 5.41) is 4.96. The minimum absolute atomic E-state index is 0.116. The van der Waals surface area contributed by atoms with E-state index in [1.165, 1.54) is 0 Å². The second-order valence-corrected chi connectivity index (χ2v) is 7.91. The molecule has 1 N–H and O–H groups in total. The summed E-state index contributed by atoms with van der Waals surface area (Å²) in [4.78, 5) is 27.5. The molecule has 0 bridgehead atoms. The number of carbonyl (C=O) groups is 2. The van der Waals surface area contributed by atoms with Gasteiger partial charge in [0.1, 0.15) is 11.8 Å². The number of unbranched alkanes of at least 4 members (excludes halogenated alkanes) is 1. The van der Waals surface area contributed by atoms with Crippen LogP contribution in [0.3, 0.4) is 0 Å². The van der Waals surface area contributed by atoms with Crippen LogP contribution in [0.5, 0.6) is 5.75 Å². The van der Waals surface area contributed by atoms with Gasteiger partial charge < -0.3 is 15.0 Å². The van der Waals surface area contributed by atoms with Gasteiger partial charge in [-0.3, -0.25) is 9.59 Å². The molecule has 2 amide bonds. The summed E-state index contributed by atoms with van der Waals surface area (Å²) in [7, 11) is 0. The molecule has 0 aromatic heterocycles. The van der Waals surface area contributed by atoms with Crippen LogP contribution >= 0.6 is 0 Å². The Morgan fingerprint density at radius 1 is 0.969 bits per heavy atom. The summed E-state index contributed by atoms with van der Waals surface area (Å²) in [5.74, 6) is 0.330. The predicted molar refractivity (Wildman–Crippen MR) is 129 cm³/mol. The van der Waals surface area contributed by atoms with Gasteiger partial charge >= 0.3 is 0 Å². The van der Waals surface area contributed by atoms with E-state index in [2.05, 4.69) is 12.2 Å². The van der Waals surface area contributed by atoms with Gasteiger partial charge in [0, 0.05) is 18.5 Å². The topological polar surface area (TPSA) is 58.6 Å². The van der Waals surface area contributed by atoms with E-state index < -0.39 is 6.04 Å². The quantitative estimate of drug-likeness (QED) is 0.451. The minimum Gasteiger partial charge on any atom is -0.483 e. The largest absolute Gasteiger partial charge is 0.483 e. The van der Waals surface area contributed by atoms with Crippen molar-refractivity contribution in [1.82, 2.24) is 10.2 Å². The number of hydrogen-bond donors (Lipinski definition) is 1. The molecule has 0 aliphatic heterocycles. The van der Waals surface area contributed by atoms with Crippen molar-refractivity contribution in [1.29, 1.82) is 0 Å². The molecule has 1 atom stereocenters. The highest BCUT2D eigenvalue weighted by Gasteiger charge is 2.26. The van der Waals surface area contributed by atoms with E-state index in [1.807, 2.05) is 72.8 Å². The van der Waals surface area contributed by atoms with Crippen LogP contribution in [0.15, 0.2) is 72.8 Å². The fourth-order valence-electron chi connectivity index (χ4n) is 3.65. The van der Waals surface area contributed by atoms with Crippen molar-refractivity contribution < 1.29 is 14.3 Å². The zero-order chi connectivity index (χ0) is 22.8. The van der Waals surface area contributed by atoms with E-state index in [0.717, 1.165) is 29.2 Å². The molecule has 0 spiro atoms. The molecule has 5 heteroatoms. The van der Waals surface area contributed by atoms with Crippen molar-refractivity contribution in [3.63, 3.8) is 0 Å². The number of nitrogens with one attached hydrogen (secondary N) is 1. The molecular weight excluding hydrogens is 400 g/mol.